The Morgan fingerprint density at radius 3 is 2.82 bits per heavy atom. The molecule has 3 fully saturated rings. The van der Waals surface area contributed by atoms with Gasteiger partial charge in [-0.2, -0.15) is 4.98 Å². The van der Waals surface area contributed by atoms with Gasteiger partial charge >= 0.3 is 6.03 Å². The van der Waals surface area contributed by atoms with Crippen molar-refractivity contribution in [2.75, 3.05) is 46.9 Å². The molecule has 0 bridgehead atoms. The van der Waals surface area contributed by atoms with Crippen molar-refractivity contribution < 1.29 is 14.1 Å². The highest BCUT2D eigenvalue weighted by Crippen LogP contribution is 2.48. The molecule has 1 atom stereocenters. The Morgan fingerprint density at radius 2 is 2.14 bits per heavy atom. The Hall–Kier alpha value is -1.67. The molecule has 2 aliphatic heterocycles. The largest absolute Gasteiger partial charge is 0.385 e. The van der Waals surface area contributed by atoms with Crippen molar-refractivity contribution in [1.82, 2.24) is 25.3 Å². The van der Waals surface area contributed by atoms with E-state index in [0.717, 1.165) is 57.0 Å². The number of hydrogen-bond acceptors (Lipinski definition) is 6. The number of ether oxygens (including phenoxy) is 1. The van der Waals surface area contributed by atoms with E-state index in [1.54, 1.807) is 7.11 Å². The van der Waals surface area contributed by atoms with E-state index < -0.39 is 0 Å². The second-order valence-electron chi connectivity index (χ2n) is 8.82. The van der Waals surface area contributed by atoms with Gasteiger partial charge in [-0.15, -0.1) is 0 Å². The molecule has 1 N–H and O–H groups in total. The van der Waals surface area contributed by atoms with E-state index in [9.17, 15) is 4.79 Å². The second kappa shape index (κ2) is 8.37. The molecule has 28 heavy (non-hydrogen) atoms. The van der Waals surface area contributed by atoms with Crippen LogP contribution in [0.15, 0.2) is 4.52 Å². The summed E-state index contributed by atoms with van der Waals surface area (Å²) < 4.78 is 10.6. The van der Waals surface area contributed by atoms with Crippen LogP contribution in [0.3, 0.4) is 0 Å². The molecular weight excluding hydrogens is 358 g/mol. The van der Waals surface area contributed by atoms with Gasteiger partial charge < -0.3 is 19.5 Å². The summed E-state index contributed by atoms with van der Waals surface area (Å²) in [7, 11) is 3.84. The predicted molar refractivity (Wildman–Crippen MR) is 104 cm³/mol. The lowest BCUT2D eigenvalue weighted by Gasteiger charge is -2.39. The van der Waals surface area contributed by atoms with Crippen LogP contribution in [0.25, 0.3) is 0 Å². The lowest BCUT2D eigenvalue weighted by molar-refractivity contribution is 0.121. The number of amides is 2. The Labute approximate surface area is 167 Å². The Morgan fingerprint density at radius 1 is 1.36 bits per heavy atom. The number of nitrogens with zero attached hydrogens (tertiary/aromatic N) is 4. The fourth-order valence-electron chi connectivity index (χ4n) is 4.83. The average Bonchev–Trinajstić information content (AvgIpc) is 3.23. The average molecular weight is 392 g/mol. The van der Waals surface area contributed by atoms with E-state index >= 15 is 0 Å². The van der Waals surface area contributed by atoms with E-state index in [2.05, 4.69) is 22.4 Å². The first-order chi connectivity index (χ1) is 13.6. The summed E-state index contributed by atoms with van der Waals surface area (Å²) in [6.07, 6.45) is 7.59. The smallest absolute Gasteiger partial charge is 0.317 e. The highest BCUT2D eigenvalue weighted by molar-refractivity contribution is 5.74. The van der Waals surface area contributed by atoms with E-state index in [1.165, 1.54) is 19.3 Å². The third kappa shape index (κ3) is 4.03. The summed E-state index contributed by atoms with van der Waals surface area (Å²) in [5.74, 6) is 2.16. The molecule has 1 unspecified atom stereocenters. The molecule has 3 aliphatic rings. The molecule has 0 radical (unpaired) electrons. The van der Waals surface area contributed by atoms with Crippen LogP contribution in [0.1, 0.15) is 68.6 Å². The highest BCUT2D eigenvalue weighted by Gasteiger charge is 2.46. The number of rotatable bonds is 6. The molecule has 156 valence electrons. The zero-order valence-corrected chi connectivity index (χ0v) is 17.2. The summed E-state index contributed by atoms with van der Waals surface area (Å²) in [6.45, 7) is 4.01. The Kier molecular flexibility index (Phi) is 5.87. The van der Waals surface area contributed by atoms with Gasteiger partial charge in [0.2, 0.25) is 5.89 Å². The number of likely N-dealkylation sites (tertiary alicyclic amines) is 2. The van der Waals surface area contributed by atoms with Crippen LogP contribution in [0.5, 0.6) is 0 Å². The highest BCUT2D eigenvalue weighted by atomic mass is 16.5. The number of carbonyl (C=O) groups is 1. The van der Waals surface area contributed by atoms with E-state index in [-0.39, 0.29) is 17.5 Å². The van der Waals surface area contributed by atoms with E-state index in [1.807, 2.05) is 4.90 Å². The van der Waals surface area contributed by atoms with Crippen molar-refractivity contribution >= 4 is 6.03 Å². The molecule has 8 nitrogen and oxygen atoms in total. The third-order valence-electron chi connectivity index (χ3n) is 6.87. The normalized spacial score (nSPS) is 25.2. The minimum absolute atomic E-state index is 0.0529. The molecule has 8 heteroatoms. The van der Waals surface area contributed by atoms with Gasteiger partial charge in [0, 0.05) is 45.8 Å². The number of nitrogens with one attached hydrogen (secondary N) is 1. The van der Waals surface area contributed by atoms with Crippen molar-refractivity contribution in [2.24, 2.45) is 5.41 Å². The van der Waals surface area contributed by atoms with Crippen LogP contribution in [0.2, 0.25) is 0 Å². The number of hydrogen-bond donors (Lipinski definition) is 1. The lowest BCUT2D eigenvalue weighted by Crippen LogP contribution is -2.48. The number of piperidine rings is 1. The summed E-state index contributed by atoms with van der Waals surface area (Å²) in [4.78, 5) is 21.4. The summed E-state index contributed by atoms with van der Waals surface area (Å²) >= 11 is 0. The van der Waals surface area contributed by atoms with Crippen LogP contribution in [-0.4, -0.2) is 72.9 Å². The van der Waals surface area contributed by atoms with E-state index in [4.69, 9.17) is 14.2 Å². The molecule has 2 saturated heterocycles. The van der Waals surface area contributed by atoms with Crippen molar-refractivity contribution in [3.05, 3.63) is 11.7 Å². The Balaban J connectivity index is 1.29. The quantitative estimate of drug-likeness (QED) is 0.751. The van der Waals surface area contributed by atoms with Gasteiger partial charge in [-0.05, 0) is 51.0 Å². The van der Waals surface area contributed by atoms with Crippen molar-refractivity contribution in [3.8, 4) is 0 Å². The van der Waals surface area contributed by atoms with Gasteiger partial charge in [-0.1, -0.05) is 11.6 Å². The minimum Gasteiger partial charge on any atom is -0.385 e. The van der Waals surface area contributed by atoms with Gasteiger partial charge in [0.05, 0.1) is 6.04 Å². The molecule has 3 heterocycles. The standard InChI is InChI=1S/C20H33N5O3/c1-24-14-20(7-10-25(11-8-20)19(26)21-9-4-12-27-2)13-16(24)17-22-18(28-23-17)15-5-3-6-15/h15-16H,3-14H2,1-2H3,(H,21,26). The van der Waals surface area contributed by atoms with Gasteiger partial charge in [-0.25, -0.2) is 4.79 Å². The van der Waals surface area contributed by atoms with Gasteiger partial charge in [0.15, 0.2) is 5.82 Å². The van der Waals surface area contributed by atoms with Crippen LogP contribution >= 0.6 is 0 Å². The second-order valence-corrected chi connectivity index (χ2v) is 8.82. The maximum atomic E-state index is 12.3. The molecule has 4 rings (SSSR count). The van der Waals surface area contributed by atoms with E-state index in [0.29, 0.717) is 19.1 Å². The van der Waals surface area contributed by atoms with Crippen molar-refractivity contribution in [2.45, 2.75) is 56.9 Å². The molecule has 1 aliphatic carbocycles. The maximum absolute atomic E-state index is 12.3. The lowest BCUT2D eigenvalue weighted by atomic mass is 9.76. The predicted octanol–water partition coefficient (Wildman–Crippen LogP) is 2.54. The summed E-state index contributed by atoms with van der Waals surface area (Å²) in [5.41, 5.74) is 0.253. The van der Waals surface area contributed by atoms with Crippen LogP contribution < -0.4 is 5.32 Å². The van der Waals surface area contributed by atoms with Gasteiger partial charge in [0.25, 0.3) is 0 Å². The summed E-state index contributed by atoms with van der Waals surface area (Å²) in [6, 6.07) is 0.282. The Bertz CT molecular complexity index is 667. The fourth-order valence-corrected chi connectivity index (χ4v) is 4.83. The van der Waals surface area contributed by atoms with Gasteiger partial charge in [0.1, 0.15) is 0 Å². The summed E-state index contributed by atoms with van der Waals surface area (Å²) in [5, 5.41) is 7.31. The maximum Gasteiger partial charge on any atom is 0.317 e. The molecule has 1 aromatic heterocycles. The zero-order chi connectivity index (χ0) is 19.6. The first kappa shape index (κ1) is 19.6. The van der Waals surface area contributed by atoms with Crippen LogP contribution in [0, 0.1) is 5.41 Å². The van der Waals surface area contributed by atoms with Crippen molar-refractivity contribution in [1.29, 1.82) is 0 Å². The molecule has 1 aromatic rings. The first-order valence-electron chi connectivity index (χ1n) is 10.7. The molecule has 0 aromatic carbocycles. The minimum atomic E-state index is 0.0529. The molecule has 1 saturated carbocycles. The van der Waals surface area contributed by atoms with Crippen LogP contribution in [0.4, 0.5) is 4.79 Å². The fraction of sp³-hybridized carbons (Fsp3) is 0.850. The number of urea groups is 1. The molecule has 2 amide bonds. The topological polar surface area (TPSA) is 83.7 Å². The van der Waals surface area contributed by atoms with Crippen molar-refractivity contribution in [3.63, 3.8) is 0 Å². The SMILES string of the molecule is COCCCNC(=O)N1CCC2(CC1)CC(c1noc(C3CCC3)n1)N(C)C2. The third-order valence-corrected chi connectivity index (χ3v) is 6.87. The number of aromatic nitrogens is 2. The zero-order valence-electron chi connectivity index (χ0n) is 17.2. The molecule has 1 spiro atoms. The first-order valence-corrected chi connectivity index (χ1v) is 10.7. The number of carbonyl (C=O) groups excluding carboxylic acids is 1. The molecular formula is C20H33N5O3. The van der Waals surface area contributed by atoms with Crippen LogP contribution in [-0.2, 0) is 4.74 Å². The number of methoxy groups -OCH3 is 1. The van der Waals surface area contributed by atoms with Gasteiger partial charge in [-0.3, -0.25) is 4.90 Å². The monoisotopic (exact) mass is 391 g/mol.